The molecule has 0 bridgehead atoms. The number of H-pyrrole nitrogens is 1. The lowest BCUT2D eigenvalue weighted by Gasteiger charge is -2.30. The molecule has 29 heavy (non-hydrogen) atoms. The molecule has 1 fully saturated rings. The van der Waals surface area contributed by atoms with E-state index in [2.05, 4.69) is 9.97 Å². The highest BCUT2D eigenvalue weighted by Gasteiger charge is 2.32. The Labute approximate surface area is 168 Å². The minimum absolute atomic E-state index is 0.0495. The largest absolute Gasteiger partial charge is 0.416 e. The van der Waals surface area contributed by atoms with Gasteiger partial charge in [-0.15, -0.1) is 0 Å². The van der Waals surface area contributed by atoms with Crippen molar-refractivity contribution in [2.24, 2.45) is 5.92 Å². The van der Waals surface area contributed by atoms with Gasteiger partial charge < -0.3 is 15.0 Å². The number of amides is 1. The number of alkyl halides is 3. The minimum atomic E-state index is -4.38. The molecule has 2 aromatic rings. The van der Waals surface area contributed by atoms with Crippen LogP contribution >= 0.6 is 0 Å². The molecule has 8 heteroatoms. The Morgan fingerprint density at radius 2 is 2.00 bits per heavy atom. The van der Waals surface area contributed by atoms with Gasteiger partial charge in [0.05, 0.1) is 23.6 Å². The lowest BCUT2D eigenvalue weighted by Crippen LogP contribution is -2.38. The number of aromatic amines is 1. The number of nitrogens with zero attached hydrogens (tertiary/aromatic N) is 2. The van der Waals surface area contributed by atoms with Crippen molar-refractivity contribution < 1.29 is 23.1 Å². The first-order valence-corrected chi connectivity index (χ1v) is 9.80. The van der Waals surface area contributed by atoms with Gasteiger partial charge in [-0.2, -0.15) is 13.2 Å². The Morgan fingerprint density at radius 1 is 1.31 bits per heavy atom. The van der Waals surface area contributed by atoms with Crippen molar-refractivity contribution >= 4 is 5.91 Å². The first-order chi connectivity index (χ1) is 13.6. The summed E-state index contributed by atoms with van der Waals surface area (Å²) in [7, 11) is 1.70. The Morgan fingerprint density at radius 3 is 2.62 bits per heavy atom. The van der Waals surface area contributed by atoms with Crippen LogP contribution in [0.1, 0.15) is 49.9 Å². The molecule has 158 valence electrons. The molecular weight excluding hydrogens is 383 g/mol. The van der Waals surface area contributed by atoms with Gasteiger partial charge in [0.15, 0.2) is 0 Å². The number of aromatic nitrogens is 2. The molecule has 3 rings (SSSR count). The van der Waals surface area contributed by atoms with Crippen molar-refractivity contribution in [3.8, 4) is 11.3 Å². The first kappa shape index (κ1) is 21.4. The number of aliphatic hydroxyl groups excluding tert-OH is 1. The minimum Gasteiger partial charge on any atom is -0.392 e. The van der Waals surface area contributed by atoms with Crippen LogP contribution in [0.25, 0.3) is 11.3 Å². The number of benzene rings is 1. The molecule has 1 saturated carbocycles. The molecule has 1 aromatic carbocycles. The van der Waals surface area contributed by atoms with Gasteiger partial charge in [0.1, 0.15) is 5.82 Å². The second-order valence-corrected chi connectivity index (χ2v) is 7.88. The van der Waals surface area contributed by atoms with Crippen molar-refractivity contribution in [2.75, 3.05) is 13.6 Å². The average Bonchev–Trinajstić information content (AvgIpc) is 3.17. The zero-order chi connectivity index (χ0) is 21.2. The van der Waals surface area contributed by atoms with Crippen LogP contribution in [0.3, 0.4) is 0 Å². The fraction of sp³-hybridized carbons (Fsp3) is 0.524. The SMILES string of the molecule is CC(O)CN(C)C(=O)C1CCC(c2ncc(-c3cccc(C(F)(F)F)c3)[nH]2)CC1. The van der Waals surface area contributed by atoms with E-state index in [1.807, 2.05) is 0 Å². The summed E-state index contributed by atoms with van der Waals surface area (Å²) in [6.45, 7) is 1.97. The summed E-state index contributed by atoms with van der Waals surface area (Å²) >= 11 is 0. The molecule has 0 saturated heterocycles. The third-order valence-corrected chi connectivity index (χ3v) is 5.47. The molecule has 1 aliphatic rings. The second-order valence-electron chi connectivity index (χ2n) is 7.88. The third kappa shape index (κ3) is 5.18. The van der Waals surface area contributed by atoms with Crippen LogP contribution in [0.5, 0.6) is 0 Å². The normalized spacial score (nSPS) is 21.0. The Hall–Kier alpha value is -2.35. The van der Waals surface area contributed by atoms with Crippen molar-refractivity contribution in [1.82, 2.24) is 14.9 Å². The number of carbonyl (C=O) groups excluding carboxylic acids is 1. The zero-order valence-electron chi connectivity index (χ0n) is 16.5. The van der Waals surface area contributed by atoms with E-state index in [4.69, 9.17) is 0 Å². The predicted molar refractivity (Wildman–Crippen MR) is 103 cm³/mol. The smallest absolute Gasteiger partial charge is 0.392 e. The van der Waals surface area contributed by atoms with Crippen LogP contribution in [0.4, 0.5) is 13.2 Å². The fourth-order valence-electron chi connectivity index (χ4n) is 3.97. The molecule has 0 spiro atoms. The van der Waals surface area contributed by atoms with Gasteiger partial charge in [0, 0.05) is 31.0 Å². The van der Waals surface area contributed by atoms with Gasteiger partial charge >= 0.3 is 6.18 Å². The van der Waals surface area contributed by atoms with E-state index in [1.165, 1.54) is 6.07 Å². The average molecular weight is 409 g/mol. The summed E-state index contributed by atoms with van der Waals surface area (Å²) in [5.74, 6) is 0.891. The van der Waals surface area contributed by atoms with Crippen LogP contribution < -0.4 is 0 Å². The molecule has 1 aromatic heterocycles. The lowest BCUT2D eigenvalue weighted by atomic mass is 9.81. The van der Waals surface area contributed by atoms with E-state index < -0.39 is 17.8 Å². The van der Waals surface area contributed by atoms with Gasteiger partial charge in [-0.25, -0.2) is 4.98 Å². The highest BCUT2D eigenvalue weighted by Crippen LogP contribution is 2.36. The Bertz CT molecular complexity index is 840. The second kappa shape index (κ2) is 8.57. The summed E-state index contributed by atoms with van der Waals surface area (Å²) in [5, 5.41) is 9.45. The monoisotopic (exact) mass is 409 g/mol. The molecule has 1 unspecified atom stereocenters. The third-order valence-electron chi connectivity index (χ3n) is 5.47. The van der Waals surface area contributed by atoms with Crippen molar-refractivity contribution in [3.63, 3.8) is 0 Å². The molecule has 1 aliphatic carbocycles. The van der Waals surface area contributed by atoms with E-state index in [9.17, 15) is 23.1 Å². The van der Waals surface area contributed by atoms with Crippen molar-refractivity contribution in [2.45, 2.75) is 50.8 Å². The van der Waals surface area contributed by atoms with Crippen molar-refractivity contribution in [1.29, 1.82) is 0 Å². The summed E-state index contributed by atoms with van der Waals surface area (Å²) in [5.41, 5.74) is 0.314. The van der Waals surface area contributed by atoms with Gasteiger partial charge in [-0.3, -0.25) is 4.79 Å². The summed E-state index contributed by atoms with van der Waals surface area (Å²) in [4.78, 5) is 21.6. The van der Waals surface area contributed by atoms with Crippen LogP contribution in [-0.4, -0.2) is 45.6 Å². The Kier molecular flexibility index (Phi) is 6.31. The number of likely N-dealkylation sites (N-methyl/N-ethyl adjacent to an activating group) is 1. The maximum atomic E-state index is 12.9. The molecule has 5 nitrogen and oxygen atoms in total. The van der Waals surface area contributed by atoms with Gasteiger partial charge in [-0.1, -0.05) is 12.1 Å². The van der Waals surface area contributed by atoms with Gasteiger partial charge in [0.2, 0.25) is 5.91 Å². The number of nitrogens with one attached hydrogen (secondary N) is 1. The number of rotatable bonds is 5. The van der Waals surface area contributed by atoms with Crippen molar-refractivity contribution in [3.05, 3.63) is 41.9 Å². The van der Waals surface area contributed by atoms with Gasteiger partial charge in [-0.05, 0) is 44.7 Å². The topological polar surface area (TPSA) is 69.2 Å². The zero-order valence-corrected chi connectivity index (χ0v) is 16.5. The number of halogens is 3. The lowest BCUT2D eigenvalue weighted by molar-refractivity contribution is -0.137. The van der Waals surface area contributed by atoms with Crippen LogP contribution in [0.15, 0.2) is 30.5 Å². The highest BCUT2D eigenvalue weighted by molar-refractivity contribution is 5.78. The molecule has 1 amide bonds. The fourth-order valence-corrected chi connectivity index (χ4v) is 3.97. The predicted octanol–water partition coefficient (Wildman–Crippen LogP) is 4.21. The van der Waals surface area contributed by atoms with Crippen LogP contribution in [0.2, 0.25) is 0 Å². The summed E-state index contributed by atoms with van der Waals surface area (Å²) in [6.07, 6.45) is -0.343. The van der Waals surface area contributed by atoms with Gasteiger partial charge in [0.25, 0.3) is 0 Å². The molecule has 0 aliphatic heterocycles. The summed E-state index contributed by atoms with van der Waals surface area (Å²) in [6, 6.07) is 5.18. The number of aliphatic hydroxyl groups is 1. The molecule has 2 N–H and O–H groups in total. The van der Waals surface area contributed by atoms with Crippen LogP contribution in [-0.2, 0) is 11.0 Å². The molecular formula is C21H26F3N3O2. The standard InChI is InChI=1S/C21H26F3N3O2/c1-13(28)12-27(2)20(29)15-8-6-14(7-9-15)19-25-11-18(26-19)16-4-3-5-17(10-16)21(22,23)24/h3-5,10-11,13-15,28H,6-9,12H2,1-2H3,(H,25,26). The van der Waals surface area contributed by atoms with E-state index >= 15 is 0 Å². The van der Waals surface area contributed by atoms with Crippen LogP contribution in [0, 0.1) is 5.92 Å². The number of hydrogen-bond donors (Lipinski definition) is 2. The molecule has 0 radical (unpaired) electrons. The maximum Gasteiger partial charge on any atom is 0.416 e. The number of imidazole rings is 1. The van der Waals surface area contributed by atoms with E-state index in [-0.39, 0.29) is 17.7 Å². The highest BCUT2D eigenvalue weighted by atomic mass is 19.4. The summed E-state index contributed by atoms with van der Waals surface area (Å²) < 4.78 is 38.8. The van der Waals surface area contributed by atoms with E-state index in [1.54, 1.807) is 31.1 Å². The Balaban J connectivity index is 1.63. The van der Waals surface area contributed by atoms with E-state index in [0.29, 0.717) is 17.8 Å². The maximum absolute atomic E-state index is 12.9. The quantitative estimate of drug-likeness (QED) is 0.777. The number of carbonyl (C=O) groups is 1. The van der Waals surface area contributed by atoms with E-state index in [0.717, 1.165) is 43.6 Å². The first-order valence-electron chi connectivity index (χ1n) is 9.80. The molecule has 1 atom stereocenters. The number of hydrogen-bond acceptors (Lipinski definition) is 3. The molecule has 1 heterocycles.